The molecule has 102 valence electrons. The first-order chi connectivity index (χ1) is 8.97. The summed E-state index contributed by atoms with van der Waals surface area (Å²) >= 11 is 0. The van der Waals surface area contributed by atoms with Gasteiger partial charge >= 0.3 is 0 Å². The lowest BCUT2D eigenvalue weighted by atomic mass is 9.70. The molecule has 1 spiro atoms. The van der Waals surface area contributed by atoms with E-state index in [9.17, 15) is 9.18 Å². The smallest absolute Gasteiger partial charge is 0.170 e. The van der Waals surface area contributed by atoms with E-state index in [0.29, 0.717) is 29.6 Å². The molecule has 3 rings (SSSR count). The minimum Gasteiger partial charge on any atom is -0.486 e. The number of ketones is 1. The second kappa shape index (κ2) is 4.32. The van der Waals surface area contributed by atoms with Crippen LogP contribution >= 0.6 is 0 Å². The van der Waals surface area contributed by atoms with Gasteiger partial charge in [-0.2, -0.15) is 0 Å². The van der Waals surface area contributed by atoms with Crippen molar-refractivity contribution < 1.29 is 13.9 Å². The van der Waals surface area contributed by atoms with Crippen LogP contribution in [0.15, 0.2) is 18.2 Å². The van der Waals surface area contributed by atoms with Gasteiger partial charge in [-0.1, -0.05) is 13.8 Å². The fraction of sp³-hybridized carbons (Fsp3) is 0.562. The Morgan fingerprint density at radius 3 is 2.63 bits per heavy atom. The van der Waals surface area contributed by atoms with E-state index in [1.165, 1.54) is 18.6 Å². The molecule has 0 aromatic heterocycles. The molecule has 2 unspecified atom stereocenters. The fourth-order valence-corrected chi connectivity index (χ4v) is 3.90. The highest BCUT2D eigenvalue weighted by Crippen LogP contribution is 2.45. The minimum atomic E-state index is -0.378. The maximum atomic E-state index is 13.2. The van der Waals surface area contributed by atoms with Crippen molar-refractivity contribution in [1.82, 2.24) is 0 Å². The number of fused-ring (bicyclic) bond motifs is 1. The second-order valence-corrected chi connectivity index (χ2v) is 6.38. The summed E-state index contributed by atoms with van der Waals surface area (Å²) in [6.07, 6.45) is 3.41. The standard InChI is InChI=1S/C16H19FO2/c1-10-5-11(2)8-16(7-10)9-14(18)13-6-12(17)3-4-15(13)19-16/h3-4,6,10-11H,5,7-9H2,1-2H3. The lowest BCUT2D eigenvalue weighted by Gasteiger charge is -2.45. The van der Waals surface area contributed by atoms with Gasteiger partial charge in [-0.15, -0.1) is 0 Å². The van der Waals surface area contributed by atoms with E-state index in [1.54, 1.807) is 6.07 Å². The molecule has 2 nitrogen and oxygen atoms in total. The number of ether oxygens (including phenoxy) is 1. The Kier molecular flexibility index (Phi) is 2.88. The molecule has 1 aliphatic carbocycles. The summed E-state index contributed by atoms with van der Waals surface area (Å²) in [5.41, 5.74) is 0.0374. The van der Waals surface area contributed by atoms with E-state index in [4.69, 9.17) is 4.74 Å². The Morgan fingerprint density at radius 2 is 1.95 bits per heavy atom. The summed E-state index contributed by atoms with van der Waals surface area (Å²) in [4.78, 5) is 12.3. The summed E-state index contributed by atoms with van der Waals surface area (Å²) in [6.45, 7) is 4.43. The zero-order chi connectivity index (χ0) is 13.6. The highest BCUT2D eigenvalue weighted by atomic mass is 19.1. The third-order valence-electron chi connectivity index (χ3n) is 4.30. The van der Waals surface area contributed by atoms with Gasteiger partial charge in [0.1, 0.15) is 17.2 Å². The number of halogens is 1. The largest absolute Gasteiger partial charge is 0.486 e. The average Bonchev–Trinajstić information content (AvgIpc) is 2.28. The van der Waals surface area contributed by atoms with Crippen molar-refractivity contribution in [3.63, 3.8) is 0 Å². The molecule has 2 aliphatic rings. The molecule has 0 saturated heterocycles. The van der Waals surface area contributed by atoms with E-state index < -0.39 is 0 Å². The van der Waals surface area contributed by atoms with Crippen molar-refractivity contribution in [3.8, 4) is 5.75 Å². The van der Waals surface area contributed by atoms with Gasteiger partial charge in [0.05, 0.1) is 12.0 Å². The normalized spacial score (nSPS) is 33.9. The van der Waals surface area contributed by atoms with Crippen molar-refractivity contribution in [2.24, 2.45) is 11.8 Å². The molecule has 1 heterocycles. The van der Waals surface area contributed by atoms with E-state index in [2.05, 4.69) is 13.8 Å². The van der Waals surface area contributed by atoms with Crippen molar-refractivity contribution in [1.29, 1.82) is 0 Å². The predicted octanol–water partition coefficient (Wildman–Crippen LogP) is 3.99. The molecule has 0 radical (unpaired) electrons. The quantitative estimate of drug-likeness (QED) is 0.706. The van der Waals surface area contributed by atoms with Gasteiger partial charge in [0, 0.05) is 0 Å². The Hall–Kier alpha value is -1.38. The monoisotopic (exact) mass is 262 g/mol. The van der Waals surface area contributed by atoms with Crippen LogP contribution in [0.2, 0.25) is 0 Å². The lowest BCUT2D eigenvalue weighted by molar-refractivity contribution is -0.0174. The van der Waals surface area contributed by atoms with Gasteiger partial charge in [-0.3, -0.25) is 4.79 Å². The van der Waals surface area contributed by atoms with Crippen LogP contribution in [0.3, 0.4) is 0 Å². The Balaban J connectivity index is 1.96. The number of hydrogen-bond acceptors (Lipinski definition) is 2. The zero-order valence-electron chi connectivity index (χ0n) is 11.4. The molecule has 1 aromatic rings. The number of carbonyl (C=O) groups excluding carboxylic acids is 1. The SMILES string of the molecule is CC1CC(C)CC2(CC(=O)c3cc(F)ccc3O2)C1. The van der Waals surface area contributed by atoms with Crippen LogP contribution in [0.1, 0.15) is 49.9 Å². The number of benzene rings is 1. The van der Waals surface area contributed by atoms with E-state index in [0.717, 1.165) is 12.8 Å². The van der Waals surface area contributed by atoms with Crippen molar-refractivity contribution in [3.05, 3.63) is 29.6 Å². The first kappa shape index (κ1) is 12.6. The molecular weight excluding hydrogens is 243 g/mol. The molecule has 1 aromatic carbocycles. The third kappa shape index (κ3) is 2.26. The number of Topliss-reactive ketones (excluding diaryl/α,β-unsaturated/α-hetero) is 1. The molecule has 0 N–H and O–H groups in total. The molecule has 0 amide bonds. The van der Waals surface area contributed by atoms with Crippen molar-refractivity contribution >= 4 is 5.78 Å². The Bertz CT molecular complexity index is 513. The van der Waals surface area contributed by atoms with Crippen molar-refractivity contribution in [2.75, 3.05) is 0 Å². The molecule has 0 bridgehead atoms. The minimum absolute atomic E-state index is 0.0158. The van der Waals surface area contributed by atoms with Gasteiger partial charge in [-0.25, -0.2) is 4.39 Å². The van der Waals surface area contributed by atoms with Crippen LogP contribution in [0.5, 0.6) is 5.75 Å². The Morgan fingerprint density at radius 1 is 1.26 bits per heavy atom. The second-order valence-electron chi connectivity index (χ2n) is 6.38. The third-order valence-corrected chi connectivity index (χ3v) is 4.30. The maximum Gasteiger partial charge on any atom is 0.170 e. The van der Waals surface area contributed by atoms with Crippen LogP contribution in [0.25, 0.3) is 0 Å². The summed E-state index contributed by atoms with van der Waals surface area (Å²) in [5.74, 6) is 1.33. The molecule has 1 fully saturated rings. The lowest BCUT2D eigenvalue weighted by Crippen LogP contribution is -2.47. The summed E-state index contributed by atoms with van der Waals surface area (Å²) in [5, 5.41) is 0. The van der Waals surface area contributed by atoms with Gasteiger partial charge in [-0.05, 0) is 49.3 Å². The van der Waals surface area contributed by atoms with Gasteiger partial charge in [0.15, 0.2) is 5.78 Å². The maximum absolute atomic E-state index is 13.2. The van der Waals surface area contributed by atoms with Crippen molar-refractivity contribution in [2.45, 2.75) is 45.1 Å². The molecular formula is C16H19FO2. The van der Waals surface area contributed by atoms with E-state index in [1.807, 2.05) is 0 Å². The van der Waals surface area contributed by atoms with Crippen LogP contribution in [-0.4, -0.2) is 11.4 Å². The van der Waals surface area contributed by atoms with Crippen LogP contribution in [0.4, 0.5) is 4.39 Å². The van der Waals surface area contributed by atoms with Gasteiger partial charge in [0.2, 0.25) is 0 Å². The van der Waals surface area contributed by atoms with E-state index >= 15 is 0 Å². The van der Waals surface area contributed by atoms with E-state index in [-0.39, 0.29) is 17.2 Å². The predicted molar refractivity (Wildman–Crippen MR) is 70.9 cm³/mol. The van der Waals surface area contributed by atoms with Gasteiger partial charge < -0.3 is 4.74 Å². The molecule has 1 aliphatic heterocycles. The van der Waals surface area contributed by atoms with Crippen LogP contribution in [-0.2, 0) is 0 Å². The number of hydrogen-bond donors (Lipinski definition) is 0. The first-order valence-electron chi connectivity index (χ1n) is 6.99. The molecule has 19 heavy (non-hydrogen) atoms. The molecule has 3 heteroatoms. The molecule has 1 saturated carbocycles. The van der Waals surface area contributed by atoms with Crippen LogP contribution < -0.4 is 4.74 Å². The summed E-state index contributed by atoms with van der Waals surface area (Å²) < 4.78 is 19.4. The zero-order valence-corrected chi connectivity index (χ0v) is 11.4. The first-order valence-corrected chi connectivity index (χ1v) is 6.99. The fourth-order valence-electron chi connectivity index (χ4n) is 3.90. The summed E-state index contributed by atoms with van der Waals surface area (Å²) in [6, 6.07) is 4.24. The molecule has 2 atom stereocenters. The number of carbonyl (C=O) groups is 1. The average molecular weight is 262 g/mol. The van der Waals surface area contributed by atoms with Crippen LogP contribution in [0, 0.1) is 17.7 Å². The highest BCUT2D eigenvalue weighted by Gasteiger charge is 2.45. The highest BCUT2D eigenvalue weighted by molar-refractivity contribution is 6.00. The van der Waals surface area contributed by atoms with Gasteiger partial charge in [0.25, 0.3) is 0 Å². The Labute approximate surface area is 113 Å². The summed E-state index contributed by atoms with van der Waals surface area (Å²) in [7, 11) is 0. The topological polar surface area (TPSA) is 26.3 Å². The number of rotatable bonds is 0.